The molecule has 1 heterocycles. The van der Waals surface area contributed by atoms with E-state index in [1.165, 1.54) is 15.9 Å². The van der Waals surface area contributed by atoms with Crippen LogP contribution in [0.1, 0.15) is 18.7 Å². The minimum atomic E-state index is -3.97. The molecule has 1 rings (SSSR count). The molecule has 0 aliphatic rings. The Bertz CT molecular complexity index is 330. The lowest BCUT2D eigenvalue weighted by Gasteiger charge is -2.02. The lowest BCUT2D eigenvalue weighted by Crippen LogP contribution is -2.41. The average Bonchev–Trinajstić information content (AvgIpc) is 2.38. The van der Waals surface area contributed by atoms with Crippen molar-refractivity contribution in [3.8, 4) is 0 Å². The van der Waals surface area contributed by atoms with E-state index in [2.05, 4.69) is 0 Å². The van der Waals surface area contributed by atoms with Crippen molar-refractivity contribution in [2.24, 2.45) is 0 Å². The van der Waals surface area contributed by atoms with Crippen molar-refractivity contribution in [2.75, 3.05) is 0 Å². The van der Waals surface area contributed by atoms with E-state index >= 15 is 0 Å². The molecule has 0 saturated carbocycles. The van der Waals surface area contributed by atoms with Crippen LogP contribution in [-0.2, 0) is 10.1 Å². The second kappa shape index (κ2) is 3.51. The molecule has 12 heavy (non-hydrogen) atoms. The van der Waals surface area contributed by atoms with Crippen LogP contribution in [-0.4, -0.2) is 13.0 Å². The van der Waals surface area contributed by atoms with E-state index in [0.29, 0.717) is 6.42 Å². The second-order valence-electron chi connectivity index (χ2n) is 2.35. The van der Waals surface area contributed by atoms with Crippen LogP contribution in [0.5, 0.6) is 0 Å². The molecule has 0 radical (unpaired) electrons. The van der Waals surface area contributed by atoms with E-state index in [1.807, 2.05) is 0 Å². The van der Waals surface area contributed by atoms with Gasteiger partial charge in [0.05, 0.1) is 5.38 Å². The summed E-state index contributed by atoms with van der Waals surface area (Å²) < 4.78 is 31.9. The largest absolute Gasteiger partial charge is 0.329 e. The maximum absolute atomic E-state index is 10.8. The molecule has 6 heteroatoms. The summed E-state index contributed by atoms with van der Waals surface area (Å²) in [5.74, 6) is 0. The van der Waals surface area contributed by atoms with Gasteiger partial charge in [0.1, 0.15) is 0 Å². The van der Waals surface area contributed by atoms with Gasteiger partial charge in [-0.1, -0.05) is 18.3 Å². The Balaban J connectivity index is 3.00. The van der Waals surface area contributed by atoms with Crippen LogP contribution in [0.25, 0.3) is 0 Å². The van der Waals surface area contributed by atoms with Crippen LogP contribution in [0.15, 0.2) is 17.1 Å². The minimum absolute atomic E-state index is 0.361. The Labute approximate surface area is 75.2 Å². The fraction of sp³-hybridized carbons (Fsp3) is 0.500. The molecule has 1 N–H and O–H groups in total. The number of nitrogens with zero attached hydrogens (tertiary/aromatic N) is 1. The summed E-state index contributed by atoms with van der Waals surface area (Å²) in [6.07, 6.45) is 1.99. The lowest BCUT2D eigenvalue weighted by molar-refractivity contribution is -0.697. The Morgan fingerprint density at radius 3 is 2.67 bits per heavy atom. The third-order valence-corrected chi connectivity index (χ3v) is 3.43. The number of rotatable bonds is 3. The summed E-state index contributed by atoms with van der Waals surface area (Å²) in [6.45, 7) is 1.71. The van der Waals surface area contributed by atoms with Crippen molar-refractivity contribution < 1.29 is 17.5 Å². The predicted molar refractivity (Wildman–Crippen MR) is 45.4 cm³/mol. The van der Waals surface area contributed by atoms with Gasteiger partial charge in [0.2, 0.25) is 5.51 Å². The van der Waals surface area contributed by atoms with Gasteiger partial charge < -0.3 is 0 Å². The fourth-order valence-electron chi connectivity index (χ4n) is 0.985. The van der Waals surface area contributed by atoms with Crippen molar-refractivity contribution >= 4 is 21.5 Å². The summed E-state index contributed by atoms with van der Waals surface area (Å²) in [5, 5.41) is 0.914. The molecule has 0 fully saturated rings. The maximum atomic E-state index is 10.8. The average molecular weight is 208 g/mol. The van der Waals surface area contributed by atoms with Crippen LogP contribution in [0.2, 0.25) is 0 Å². The van der Waals surface area contributed by atoms with Crippen LogP contribution < -0.4 is 4.57 Å². The van der Waals surface area contributed by atoms with Crippen molar-refractivity contribution in [1.82, 2.24) is 0 Å². The Hall–Kier alpha value is -0.460. The molecule has 0 amide bonds. The Morgan fingerprint density at radius 2 is 2.33 bits per heavy atom. The first-order chi connectivity index (χ1) is 5.55. The topological polar surface area (TPSA) is 58.2 Å². The van der Waals surface area contributed by atoms with E-state index in [0.717, 1.165) is 0 Å². The molecule has 1 aromatic heterocycles. The molecule has 68 valence electrons. The molecule has 0 aromatic carbocycles. The SMILES string of the molecule is CCC([n+]1ccsc1)S(=O)(=O)O. The highest BCUT2D eigenvalue weighted by Gasteiger charge is 2.29. The Morgan fingerprint density at radius 1 is 1.67 bits per heavy atom. The highest BCUT2D eigenvalue weighted by molar-refractivity contribution is 7.85. The van der Waals surface area contributed by atoms with Gasteiger partial charge in [-0.2, -0.15) is 13.0 Å². The molecule has 0 aliphatic carbocycles. The second-order valence-corrected chi connectivity index (χ2v) is 4.68. The first-order valence-electron chi connectivity index (χ1n) is 3.45. The molecule has 4 nitrogen and oxygen atoms in total. The number of hydrogen-bond acceptors (Lipinski definition) is 3. The molecule has 1 aromatic rings. The summed E-state index contributed by atoms with van der Waals surface area (Å²) in [7, 11) is -3.97. The standard InChI is InChI=1S/C6H9NO3S2/c1-2-6(12(8,9)10)7-3-4-11-5-7/h3-6H,2H2,1H3/p+1. The van der Waals surface area contributed by atoms with E-state index < -0.39 is 15.5 Å². The first-order valence-corrected chi connectivity index (χ1v) is 5.89. The van der Waals surface area contributed by atoms with Crippen molar-refractivity contribution in [1.29, 1.82) is 0 Å². The number of aromatic nitrogens is 1. The van der Waals surface area contributed by atoms with E-state index in [1.54, 1.807) is 24.0 Å². The van der Waals surface area contributed by atoms with Gasteiger partial charge in [-0.15, -0.1) is 0 Å². The summed E-state index contributed by atoms with van der Waals surface area (Å²) in [6, 6.07) is 0. The molecular weight excluding hydrogens is 198 g/mol. The molecule has 0 bridgehead atoms. The number of hydrogen-bond donors (Lipinski definition) is 1. The van der Waals surface area contributed by atoms with Crippen molar-refractivity contribution in [3.63, 3.8) is 0 Å². The monoisotopic (exact) mass is 208 g/mol. The van der Waals surface area contributed by atoms with Gasteiger partial charge >= 0.3 is 10.1 Å². The zero-order valence-electron chi connectivity index (χ0n) is 6.54. The first kappa shape index (κ1) is 9.63. The van der Waals surface area contributed by atoms with Crippen molar-refractivity contribution in [3.05, 3.63) is 17.1 Å². The molecule has 0 aliphatic heterocycles. The zero-order chi connectivity index (χ0) is 9.19. The van der Waals surface area contributed by atoms with E-state index in [4.69, 9.17) is 4.55 Å². The third kappa shape index (κ3) is 2.02. The van der Waals surface area contributed by atoms with E-state index in [9.17, 15) is 8.42 Å². The summed E-state index contributed by atoms with van der Waals surface area (Å²) in [5.41, 5.74) is 1.65. The van der Waals surface area contributed by atoms with Crippen LogP contribution in [0.4, 0.5) is 0 Å². The quantitative estimate of drug-likeness (QED) is 0.591. The fourth-order valence-corrected chi connectivity index (χ4v) is 2.56. The van der Waals surface area contributed by atoms with Crippen molar-refractivity contribution in [2.45, 2.75) is 18.7 Å². The molecule has 0 saturated heterocycles. The van der Waals surface area contributed by atoms with Gasteiger partial charge in [-0.25, -0.2) is 0 Å². The third-order valence-electron chi connectivity index (χ3n) is 1.52. The van der Waals surface area contributed by atoms with E-state index in [-0.39, 0.29) is 0 Å². The molecular formula is C6H10NO3S2+. The van der Waals surface area contributed by atoms with Gasteiger partial charge in [-0.3, -0.25) is 4.55 Å². The summed E-state index contributed by atoms with van der Waals surface area (Å²) in [4.78, 5) is 0. The highest BCUT2D eigenvalue weighted by atomic mass is 32.2. The highest BCUT2D eigenvalue weighted by Crippen LogP contribution is 2.10. The smallest absolute Gasteiger partial charge is 0.280 e. The normalized spacial score (nSPS) is 14.5. The molecule has 1 atom stereocenters. The predicted octanol–water partition coefficient (Wildman–Crippen LogP) is 0.832. The molecule has 1 unspecified atom stereocenters. The zero-order valence-corrected chi connectivity index (χ0v) is 8.18. The van der Waals surface area contributed by atoms with Crippen LogP contribution in [0, 0.1) is 0 Å². The van der Waals surface area contributed by atoms with Crippen LogP contribution in [0.3, 0.4) is 0 Å². The van der Waals surface area contributed by atoms with Gasteiger partial charge in [0.15, 0.2) is 6.20 Å². The lowest BCUT2D eigenvalue weighted by atomic mass is 10.5. The molecule has 0 spiro atoms. The summed E-state index contributed by atoms with van der Waals surface area (Å²) >= 11 is 1.39. The Kier molecular flexibility index (Phi) is 2.81. The van der Waals surface area contributed by atoms with Gasteiger partial charge in [-0.05, 0) is 0 Å². The maximum Gasteiger partial charge on any atom is 0.329 e. The van der Waals surface area contributed by atoms with Gasteiger partial charge in [0.25, 0.3) is 5.37 Å². The van der Waals surface area contributed by atoms with Gasteiger partial charge in [0, 0.05) is 6.42 Å². The minimum Gasteiger partial charge on any atom is -0.280 e. The number of thiazole rings is 1. The van der Waals surface area contributed by atoms with Crippen LogP contribution >= 0.6 is 11.3 Å².